The monoisotopic (exact) mass is 425 g/mol. The van der Waals surface area contributed by atoms with Crippen LogP contribution >= 0.6 is 0 Å². The second-order valence-electron chi connectivity index (χ2n) is 8.23. The van der Waals surface area contributed by atoms with Gasteiger partial charge in [-0.2, -0.15) is 0 Å². The molecule has 8 nitrogen and oxygen atoms in total. The molecule has 31 heavy (non-hydrogen) atoms. The normalized spacial score (nSPS) is 22.2. The Labute approximate surface area is 180 Å². The predicted molar refractivity (Wildman–Crippen MR) is 117 cm³/mol. The van der Waals surface area contributed by atoms with E-state index in [4.69, 9.17) is 9.72 Å². The zero-order valence-corrected chi connectivity index (χ0v) is 17.8. The Kier molecular flexibility index (Phi) is 5.47. The van der Waals surface area contributed by atoms with E-state index in [9.17, 15) is 4.39 Å². The summed E-state index contributed by atoms with van der Waals surface area (Å²) in [6.07, 6.45) is 4.44. The van der Waals surface area contributed by atoms with Crippen molar-refractivity contribution in [2.24, 2.45) is 0 Å². The van der Waals surface area contributed by atoms with Crippen molar-refractivity contribution in [3.05, 3.63) is 47.5 Å². The van der Waals surface area contributed by atoms with Gasteiger partial charge in [0.1, 0.15) is 22.9 Å². The highest BCUT2D eigenvalue weighted by Crippen LogP contribution is 2.33. The number of ether oxygens (including phenoxy) is 1. The Hall–Kier alpha value is -2.75. The van der Waals surface area contributed by atoms with Crippen molar-refractivity contribution in [3.8, 4) is 5.75 Å². The number of nitrogens with zero attached hydrogens (tertiary/aromatic N) is 3. The van der Waals surface area contributed by atoms with Crippen LogP contribution in [0, 0.1) is 12.7 Å². The van der Waals surface area contributed by atoms with Gasteiger partial charge in [-0.25, -0.2) is 25.2 Å². The second kappa shape index (κ2) is 8.41. The molecular weight excluding hydrogens is 397 g/mol. The molecule has 2 saturated heterocycles. The molecule has 2 aliphatic heterocycles. The average molecular weight is 426 g/mol. The van der Waals surface area contributed by atoms with Crippen LogP contribution in [0.3, 0.4) is 0 Å². The van der Waals surface area contributed by atoms with E-state index in [0.29, 0.717) is 29.6 Å². The highest BCUT2D eigenvalue weighted by atomic mass is 19.1. The van der Waals surface area contributed by atoms with Crippen LogP contribution in [-0.4, -0.2) is 40.9 Å². The molecule has 0 aliphatic carbocycles. The van der Waals surface area contributed by atoms with Gasteiger partial charge >= 0.3 is 0 Å². The Morgan fingerprint density at radius 3 is 2.87 bits per heavy atom. The van der Waals surface area contributed by atoms with Crippen molar-refractivity contribution in [1.29, 1.82) is 0 Å². The molecule has 2 unspecified atom stereocenters. The number of fused-ring (bicyclic) bond motifs is 1. The molecule has 4 heterocycles. The lowest BCUT2D eigenvalue weighted by Gasteiger charge is -2.26. The predicted octanol–water partition coefficient (Wildman–Crippen LogP) is 2.79. The quantitative estimate of drug-likeness (QED) is 0.500. The van der Waals surface area contributed by atoms with E-state index in [-0.39, 0.29) is 18.0 Å². The molecule has 0 radical (unpaired) electrons. The van der Waals surface area contributed by atoms with Crippen molar-refractivity contribution in [2.45, 2.75) is 44.4 Å². The average Bonchev–Trinajstić information content (AvgIpc) is 3.37. The van der Waals surface area contributed by atoms with E-state index in [2.05, 4.69) is 44.0 Å². The molecule has 2 atom stereocenters. The van der Waals surface area contributed by atoms with Crippen LogP contribution in [0.25, 0.3) is 11.2 Å². The maximum absolute atomic E-state index is 14.4. The first-order chi connectivity index (χ1) is 15.1. The van der Waals surface area contributed by atoms with Gasteiger partial charge in [0.15, 0.2) is 5.65 Å². The maximum atomic E-state index is 14.4. The lowest BCUT2D eigenvalue weighted by Crippen LogP contribution is -2.36. The fourth-order valence-electron chi connectivity index (χ4n) is 4.75. The van der Waals surface area contributed by atoms with Crippen LogP contribution in [0.4, 0.5) is 10.2 Å². The number of aromatic nitrogens is 3. The number of aryl methyl sites for hydroxylation is 1. The van der Waals surface area contributed by atoms with Gasteiger partial charge < -0.3 is 19.9 Å². The maximum Gasteiger partial charge on any atom is 0.161 e. The summed E-state index contributed by atoms with van der Waals surface area (Å²) < 4.78 is 22.1. The first kappa shape index (κ1) is 20.2. The molecule has 0 bridgehead atoms. The number of anilines is 1. The first-order valence-corrected chi connectivity index (χ1v) is 10.8. The highest BCUT2D eigenvalue weighted by molar-refractivity contribution is 5.74. The zero-order chi connectivity index (χ0) is 21.4. The van der Waals surface area contributed by atoms with Gasteiger partial charge in [0.25, 0.3) is 0 Å². The molecule has 0 amide bonds. The summed E-state index contributed by atoms with van der Waals surface area (Å²) in [6, 6.07) is 7.21. The Balaban J connectivity index is 1.36. The lowest BCUT2D eigenvalue weighted by molar-refractivity contribution is 0.370. The minimum Gasteiger partial charge on any atom is -0.496 e. The van der Waals surface area contributed by atoms with Gasteiger partial charge in [0.2, 0.25) is 0 Å². The molecule has 2 aromatic heterocycles. The summed E-state index contributed by atoms with van der Waals surface area (Å²) in [7, 11) is 1.56. The third-order valence-electron chi connectivity index (χ3n) is 6.22. The molecule has 9 heteroatoms. The van der Waals surface area contributed by atoms with Crippen LogP contribution in [-0.2, 0) is 0 Å². The summed E-state index contributed by atoms with van der Waals surface area (Å²) in [4.78, 5) is 9.51. The first-order valence-electron chi connectivity index (χ1n) is 10.8. The molecule has 164 valence electrons. The molecule has 5 rings (SSSR count). The fraction of sp³-hybridized carbons (Fsp3) is 0.455. The standard InChI is InChI=1S/C22H28FN7O/c1-13-10-17-22(30(13)14-6-8-24-9-7-14)27-20(12-25-17)26-19-11-16(28-29-19)21-15(23)4-3-5-18(21)31-2/h3-5,10,12,14,16,19,24,28-29H,6-9,11H2,1-2H3,(H,26,27). The third kappa shape index (κ3) is 3.84. The van der Waals surface area contributed by atoms with Crippen molar-refractivity contribution >= 4 is 17.0 Å². The van der Waals surface area contributed by atoms with Crippen molar-refractivity contribution in [3.63, 3.8) is 0 Å². The molecule has 1 aromatic carbocycles. The van der Waals surface area contributed by atoms with Crippen molar-refractivity contribution < 1.29 is 9.13 Å². The summed E-state index contributed by atoms with van der Waals surface area (Å²) in [5.41, 5.74) is 9.90. The molecule has 2 fully saturated rings. The van der Waals surface area contributed by atoms with Gasteiger partial charge in [-0.3, -0.25) is 0 Å². The Morgan fingerprint density at radius 1 is 1.23 bits per heavy atom. The van der Waals surface area contributed by atoms with E-state index in [1.807, 2.05) is 0 Å². The van der Waals surface area contributed by atoms with E-state index in [1.165, 1.54) is 11.8 Å². The van der Waals surface area contributed by atoms with Crippen LogP contribution < -0.4 is 26.2 Å². The minimum atomic E-state index is -0.282. The number of hydrogen-bond donors (Lipinski definition) is 4. The van der Waals surface area contributed by atoms with Crippen LogP contribution in [0.1, 0.15) is 42.6 Å². The van der Waals surface area contributed by atoms with Gasteiger partial charge in [0, 0.05) is 23.7 Å². The molecular formula is C22H28FN7O. The summed E-state index contributed by atoms with van der Waals surface area (Å²) in [6.45, 7) is 4.16. The summed E-state index contributed by atoms with van der Waals surface area (Å²) >= 11 is 0. The number of hydrogen-bond acceptors (Lipinski definition) is 7. The third-order valence-corrected chi connectivity index (χ3v) is 6.22. The zero-order valence-electron chi connectivity index (χ0n) is 17.8. The molecule has 0 spiro atoms. The van der Waals surface area contributed by atoms with Crippen LogP contribution in [0.15, 0.2) is 30.5 Å². The molecule has 2 aliphatic rings. The molecule has 4 N–H and O–H groups in total. The molecule has 0 saturated carbocycles. The van der Waals surface area contributed by atoms with E-state index < -0.39 is 0 Å². The van der Waals surface area contributed by atoms with E-state index >= 15 is 0 Å². The molecule has 3 aromatic rings. The number of piperidine rings is 1. The number of halogens is 1. The summed E-state index contributed by atoms with van der Waals surface area (Å²) in [5.74, 6) is 0.952. The second-order valence-corrected chi connectivity index (χ2v) is 8.23. The van der Waals surface area contributed by atoms with E-state index in [1.54, 1.807) is 25.4 Å². The van der Waals surface area contributed by atoms with E-state index in [0.717, 1.165) is 37.1 Å². The smallest absolute Gasteiger partial charge is 0.161 e. The van der Waals surface area contributed by atoms with Gasteiger partial charge in [-0.1, -0.05) is 6.07 Å². The van der Waals surface area contributed by atoms with Crippen molar-refractivity contribution in [1.82, 2.24) is 30.7 Å². The Morgan fingerprint density at radius 2 is 2.06 bits per heavy atom. The van der Waals surface area contributed by atoms with Gasteiger partial charge in [-0.15, -0.1) is 0 Å². The number of nitrogens with one attached hydrogen (secondary N) is 4. The summed E-state index contributed by atoms with van der Waals surface area (Å²) in [5, 5.41) is 6.81. The van der Waals surface area contributed by atoms with Gasteiger partial charge in [0.05, 0.1) is 25.5 Å². The minimum absolute atomic E-state index is 0.121. The SMILES string of the molecule is COc1cccc(F)c1C1CC(Nc2cnc3cc(C)n(C4CCNCC4)c3n2)NN1. The Bertz CT molecular complexity index is 1080. The number of rotatable bonds is 5. The number of methoxy groups -OCH3 is 1. The fourth-order valence-corrected chi connectivity index (χ4v) is 4.75. The van der Waals surface area contributed by atoms with Gasteiger partial charge in [-0.05, 0) is 51.1 Å². The number of benzene rings is 1. The number of hydrazine groups is 1. The lowest BCUT2D eigenvalue weighted by atomic mass is 10.0. The highest BCUT2D eigenvalue weighted by Gasteiger charge is 2.30. The van der Waals surface area contributed by atoms with Crippen LogP contribution in [0.2, 0.25) is 0 Å². The van der Waals surface area contributed by atoms with Crippen LogP contribution in [0.5, 0.6) is 5.75 Å². The largest absolute Gasteiger partial charge is 0.496 e. The topological polar surface area (TPSA) is 88.1 Å². The van der Waals surface area contributed by atoms with Crippen molar-refractivity contribution in [2.75, 3.05) is 25.5 Å².